The van der Waals surface area contributed by atoms with Crippen molar-refractivity contribution in [3.63, 3.8) is 0 Å². The van der Waals surface area contributed by atoms with Crippen molar-refractivity contribution >= 4 is 17.7 Å². The van der Waals surface area contributed by atoms with Crippen LogP contribution in [-0.4, -0.2) is 33.5 Å². The Morgan fingerprint density at radius 3 is 2.68 bits per heavy atom. The molecular weight excluding hydrogens is 334 g/mol. The first-order valence-corrected chi connectivity index (χ1v) is 10.6. The minimum atomic E-state index is -0.782. The van der Waals surface area contributed by atoms with Gasteiger partial charge in [-0.25, -0.2) is 0 Å². The SMILES string of the molecule is CSc1nnc(CCCNC(=O)C2(C#N)CCCC2)n1C1CCCC1. The van der Waals surface area contributed by atoms with Crippen LogP contribution >= 0.6 is 11.8 Å². The lowest BCUT2D eigenvalue weighted by atomic mass is 9.87. The monoisotopic (exact) mass is 361 g/mol. The van der Waals surface area contributed by atoms with Crippen LogP contribution in [0.3, 0.4) is 0 Å². The van der Waals surface area contributed by atoms with Crippen LogP contribution < -0.4 is 5.32 Å². The summed E-state index contributed by atoms with van der Waals surface area (Å²) >= 11 is 1.65. The Balaban J connectivity index is 1.53. The predicted octanol–water partition coefficient (Wildman–Crippen LogP) is 3.25. The Morgan fingerprint density at radius 1 is 1.32 bits per heavy atom. The first-order chi connectivity index (χ1) is 12.2. The number of aromatic nitrogens is 3. The van der Waals surface area contributed by atoms with Gasteiger partial charge in [-0.3, -0.25) is 4.79 Å². The van der Waals surface area contributed by atoms with Crippen LogP contribution in [0.4, 0.5) is 0 Å². The van der Waals surface area contributed by atoms with Gasteiger partial charge in [-0.1, -0.05) is 37.4 Å². The van der Waals surface area contributed by atoms with E-state index in [1.54, 1.807) is 11.8 Å². The normalized spacial score (nSPS) is 19.8. The van der Waals surface area contributed by atoms with Gasteiger partial charge in [0, 0.05) is 19.0 Å². The molecule has 2 aliphatic rings. The first-order valence-electron chi connectivity index (χ1n) is 9.37. The molecule has 0 bridgehead atoms. The molecule has 25 heavy (non-hydrogen) atoms. The number of amides is 1. The number of nitrogens with zero attached hydrogens (tertiary/aromatic N) is 4. The summed E-state index contributed by atoms with van der Waals surface area (Å²) in [6.07, 6.45) is 12.0. The predicted molar refractivity (Wildman–Crippen MR) is 97.2 cm³/mol. The molecule has 0 saturated heterocycles. The molecule has 1 N–H and O–H groups in total. The first kappa shape index (κ1) is 18.2. The highest BCUT2D eigenvalue weighted by atomic mass is 32.2. The van der Waals surface area contributed by atoms with Crippen molar-refractivity contribution in [2.45, 2.75) is 75.4 Å². The third kappa shape index (κ3) is 3.84. The molecule has 0 aliphatic heterocycles. The fraction of sp³-hybridized carbons (Fsp3) is 0.778. The van der Waals surface area contributed by atoms with Crippen molar-refractivity contribution in [3.8, 4) is 6.07 Å². The summed E-state index contributed by atoms with van der Waals surface area (Å²) in [5.41, 5.74) is -0.782. The highest BCUT2D eigenvalue weighted by Crippen LogP contribution is 2.37. The van der Waals surface area contributed by atoms with Crippen LogP contribution in [0.1, 0.15) is 69.7 Å². The molecule has 2 saturated carbocycles. The summed E-state index contributed by atoms with van der Waals surface area (Å²) in [5, 5.41) is 22.1. The lowest BCUT2D eigenvalue weighted by molar-refractivity contribution is -0.127. The van der Waals surface area contributed by atoms with Gasteiger partial charge in [0.05, 0.1) is 6.07 Å². The van der Waals surface area contributed by atoms with Crippen molar-refractivity contribution in [1.29, 1.82) is 5.26 Å². The molecule has 7 heteroatoms. The van der Waals surface area contributed by atoms with E-state index >= 15 is 0 Å². The molecule has 0 unspecified atom stereocenters. The van der Waals surface area contributed by atoms with Crippen LogP contribution in [0, 0.1) is 16.7 Å². The maximum absolute atomic E-state index is 12.4. The number of rotatable bonds is 7. The summed E-state index contributed by atoms with van der Waals surface area (Å²) in [6.45, 7) is 0.592. The van der Waals surface area contributed by atoms with Gasteiger partial charge in [0.25, 0.3) is 0 Å². The van der Waals surface area contributed by atoms with Crippen molar-refractivity contribution in [3.05, 3.63) is 5.82 Å². The van der Waals surface area contributed by atoms with E-state index in [0.29, 0.717) is 25.4 Å². The average molecular weight is 362 g/mol. The number of hydrogen-bond acceptors (Lipinski definition) is 5. The lowest BCUT2D eigenvalue weighted by Gasteiger charge is -2.19. The fourth-order valence-corrected chi connectivity index (χ4v) is 4.71. The third-order valence-electron chi connectivity index (χ3n) is 5.58. The van der Waals surface area contributed by atoms with Crippen molar-refractivity contribution < 1.29 is 4.79 Å². The molecule has 1 heterocycles. The van der Waals surface area contributed by atoms with Crippen LogP contribution in [0.15, 0.2) is 5.16 Å². The molecule has 2 fully saturated rings. The summed E-state index contributed by atoms with van der Waals surface area (Å²) in [7, 11) is 0. The largest absolute Gasteiger partial charge is 0.355 e. The standard InChI is InChI=1S/C18H27N5OS/c1-25-17-22-21-15(23(17)14-7-2-3-8-14)9-6-12-20-16(24)18(13-19)10-4-5-11-18/h14H,2-12H2,1H3,(H,20,24). The molecule has 3 rings (SSSR count). The van der Waals surface area contributed by atoms with Gasteiger partial charge in [-0.05, 0) is 38.4 Å². The Kier molecular flexibility index (Phi) is 6.00. The number of carbonyl (C=O) groups excluding carboxylic acids is 1. The van der Waals surface area contributed by atoms with Crippen molar-refractivity contribution in [2.24, 2.45) is 5.41 Å². The van der Waals surface area contributed by atoms with E-state index in [0.717, 1.165) is 36.7 Å². The molecule has 136 valence electrons. The van der Waals surface area contributed by atoms with E-state index in [9.17, 15) is 10.1 Å². The second-order valence-electron chi connectivity index (χ2n) is 7.17. The van der Waals surface area contributed by atoms with E-state index in [4.69, 9.17) is 0 Å². The summed E-state index contributed by atoms with van der Waals surface area (Å²) in [4.78, 5) is 12.4. The highest BCUT2D eigenvalue weighted by Gasteiger charge is 2.41. The number of thioether (sulfide) groups is 1. The molecule has 1 aromatic heterocycles. The van der Waals surface area contributed by atoms with E-state index in [-0.39, 0.29) is 5.91 Å². The van der Waals surface area contributed by atoms with Gasteiger partial charge in [0.1, 0.15) is 11.2 Å². The lowest BCUT2D eigenvalue weighted by Crippen LogP contribution is -2.38. The van der Waals surface area contributed by atoms with Gasteiger partial charge in [0.2, 0.25) is 5.91 Å². The van der Waals surface area contributed by atoms with E-state index < -0.39 is 5.41 Å². The third-order valence-corrected chi connectivity index (χ3v) is 6.22. The van der Waals surface area contributed by atoms with Crippen molar-refractivity contribution in [1.82, 2.24) is 20.1 Å². The molecule has 0 atom stereocenters. The number of nitrogens with one attached hydrogen (secondary N) is 1. The van der Waals surface area contributed by atoms with E-state index in [1.807, 2.05) is 6.26 Å². The zero-order valence-electron chi connectivity index (χ0n) is 15.0. The molecule has 1 aromatic rings. The Morgan fingerprint density at radius 2 is 2.04 bits per heavy atom. The highest BCUT2D eigenvalue weighted by molar-refractivity contribution is 7.98. The van der Waals surface area contributed by atoms with Gasteiger partial charge in [0.15, 0.2) is 5.16 Å². The maximum atomic E-state index is 12.4. The zero-order chi connectivity index (χ0) is 17.7. The molecular formula is C18H27N5OS. The van der Waals surface area contributed by atoms with Gasteiger partial charge in [-0.15, -0.1) is 10.2 Å². The topological polar surface area (TPSA) is 83.6 Å². The van der Waals surface area contributed by atoms with Crippen molar-refractivity contribution in [2.75, 3.05) is 12.8 Å². The summed E-state index contributed by atoms with van der Waals surface area (Å²) in [5.74, 6) is 0.941. The zero-order valence-corrected chi connectivity index (χ0v) is 15.8. The molecule has 1 amide bonds. The molecule has 0 radical (unpaired) electrons. The van der Waals surface area contributed by atoms with E-state index in [2.05, 4.69) is 26.2 Å². The fourth-order valence-electron chi connectivity index (χ4n) is 4.13. The van der Waals surface area contributed by atoms with E-state index in [1.165, 1.54) is 25.7 Å². The number of aryl methyl sites for hydroxylation is 1. The second-order valence-corrected chi connectivity index (χ2v) is 7.95. The van der Waals surface area contributed by atoms with Gasteiger partial charge >= 0.3 is 0 Å². The smallest absolute Gasteiger partial charge is 0.240 e. The molecule has 6 nitrogen and oxygen atoms in total. The van der Waals surface area contributed by atoms with Crippen LogP contribution in [0.2, 0.25) is 0 Å². The molecule has 0 spiro atoms. The average Bonchev–Trinajstić information content (AvgIpc) is 3.38. The number of nitriles is 1. The van der Waals surface area contributed by atoms with Crippen LogP contribution in [0.5, 0.6) is 0 Å². The Hall–Kier alpha value is -1.55. The minimum absolute atomic E-state index is 0.0884. The second kappa shape index (κ2) is 8.22. The number of hydrogen-bond donors (Lipinski definition) is 1. The summed E-state index contributed by atoms with van der Waals surface area (Å²) in [6, 6.07) is 2.78. The molecule has 0 aromatic carbocycles. The number of carbonyl (C=O) groups is 1. The maximum Gasteiger partial charge on any atom is 0.240 e. The molecule has 2 aliphatic carbocycles. The van der Waals surface area contributed by atoms with Gasteiger partial charge < -0.3 is 9.88 Å². The van der Waals surface area contributed by atoms with Gasteiger partial charge in [-0.2, -0.15) is 5.26 Å². The Labute approximate surface area is 153 Å². The van der Waals surface area contributed by atoms with Crippen LogP contribution in [-0.2, 0) is 11.2 Å². The van der Waals surface area contributed by atoms with Crippen LogP contribution in [0.25, 0.3) is 0 Å². The quantitative estimate of drug-likeness (QED) is 0.595. The summed E-state index contributed by atoms with van der Waals surface area (Å²) < 4.78 is 2.31. The Bertz CT molecular complexity index is 638. The minimum Gasteiger partial charge on any atom is -0.355 e.